The number of ether oxygens (including phenoxy) is 1. The van der Waals surface area contributed by atoms with Crippen LogP contribution in [0.15, 0.2) is 42.6 Å². The van der Waals surface area contributed by atoms with Crippen molar-refractivity contribution >= 4 is 22.6 Å². The molecule has 0 bridgehead atoms. The van der Waals surface area contributed by atoms with Gasteiger partial charge in [0.1, 0.15) is 17.8 Å². The first-order valence-corrected chi connectivity index (χ1v) is 10.6. The van der Waals surface area contributed by atoms with Gasteiger partial charge in [-0.15, -0.1) is 15.3 Å². The summed E-state index contributed by atoms with van der Waals surface area (Å²) in [6, 6.07) is 9.45. The van der Waals surface area contributed by atoms with Crippen LogP contribution in [0.2, 0.25) is 0 Å². The second kappa shape index (κ2) is 8.96. The lowest BCUT2D eigenvalue weighted by atomic mass is 10.2. The van der Waals surface area contributed by atoms with Crippen LogP contribution in [0.1, 0.15) is 23.4 Å². The fourth-order valence-electron chi connectivity index (χ4n) is 3.75. The van der Waals surface area contributed by atoms with E-state index in [9.17, 15) is 13.6 Å². The van der Waals surface area contributed by atoms with Crippen molar-refractivity contribution in [3.05, 3.63) is 59.5 Å². The molecule has 5 rings (SSSR count). The molecular formula is C22H20F2N8O2. The summed E-state index contributed by atoms with van der Waals surface area (Å²) < 4.78 is 33.3. The summed E-state index contributed by atoms with van der Waals surface area (Å²) in [5.74, 6) is 0.705. The molecule has 1 fully saturated rings. The average Bonchev–Trinajstić information content (AvgIpc) is 3.22. The van der Waals surface area contributed by atoms with E-state index >= 15 is 0 Å². The molecular weight excluding hydrogens is 446 g/mol. The number of carbonyl (C=O) groups is 1. The lowest BCUT2D eigenvalue weighted by molar-refractivity contribution is -0.120. The number of pyridine rings is 1. The maximum absolute atomic E-state index is 12.9. The maximum Gasteiger partial charge on any atom is 0.263 e. The summed E-state index contributed by atoms with van der Waals surface area (Å²) in [4.78, 5) is 18.1. The number of anilines is 1. The van der Waals surface area contributed by atoms with E-state index in [-0.39, 0.29) is 30.5 Å². The fourth-order valence-corrected chi connectivity index (χ4v) is 3.75. The molecule has 0 radical (unpaired) electrons. The number of piperazine rings is 1. The van der Waals surface area contributed by atoms with Crippen LogP contribution in [0.25, 0.3) is 16.6 Å². The van der Waals surface area contributed by atoms with Gasteiger partial charge < -0.3 is 15.0 Å². The predicted molar refractivity (Wildman–Crippen MR) is 118 cm³/mol. The van der Waals surface area contributed by atoms with Gasteiger partial charge in [-0.05, 0) is 31.2 Å². The predicted octanol–water partition coefficient (Wildman–Crippen LogP) is 2.37. The Hall–Kier alpha value is -4.22. The van der Waals surface area contributed by atoms with Crippen molar-refractivity contribution < 1.29 is 18.3 Å². The molecule has 3 aromatic heterocycles. The Balaban J connectivity index is 1.43. The van der Waals surface area contributed by atoms with Gasteiger partial charge in [0.15, 0.2) is 5.82 Å². The molecule has 1 aromatic carbocycles. The smallest absolute Gasteiger partial charge is 0.263 e. The SMILES string of the molecule is Cc1nnn(-c2ccc(C(F)F)cc2)c1COc1nnc(N2CCNC(=O)C2)c2cccnc12. The number of alkyl halides is 2. The number of nitrogens with zero attached hydrogens (tertiary/aromatic N) is 7. The molecule has 1 aliphatic rings. The van der Waals surface area contributed by atoms with Crippen molar-refractivity contribution in [1.82, 2.24) is 35.5 Å². The number of aryl methyl sites for hydroxylation is 1. The van der Waals surface area contributed by atoms with Crippen LogP contribution in [0.3, 0.4) is 0 Å². The van der Waals surface area contributed by atoms with E-state index in [0.29, 0.717) is 46.9 Å². The molecule has 0 unspecified atom stereocenters. The quantitative estimate of drug-likeness (QED) is 0.461. The van der Waals surface area contributed by atoms with Gasteiger partial charge in [0, 0.05) is 24.8 Å². The van der Waals surface area contributed by atoms with Crippen LogP contribution in [0.5, 0.6) is 5.88 Å². The summed E-state index contributed by atoms with van der Waals surface area (Å²) in [6.45, 7) is 3.16. The van der Waals surface area contributed by atoms with Gasteiger partial charge >= 0.3 is 0 Å². The number of halogens is 2. The fraction of sp³-hybridized carbons (Fsp3) is 0.273. The summed E-state index contributed by atoms with van der Waals surface area (Å²) >= 11 is 0. The van der Waals surface area contributed by atoms with Crippen LogP contribution in [-0.4, -0.2) is 55.7 Å². The van der Waals surface area contributed by atoms with Gasteiger partial charge in [-0.2, -0.15) is 0 Å². The molecule has 4 heterocycles. The van der Waals surface area contributed by atoms with Gasteiger partial charge in [0.05, 0.1) is 23.3 Å². The minimum atomic E-state index is -2.55. The molecule has 1 saturated heterocycles. The lowest BCUT2D eigenvalue weighted by Gasteiger charge is -2.28. The first-order chi connectivity index (χ1) is 16.5. The Labute approximate surface area is 192 Å². The van der Waals surface area contributed by atoms with Crippen molar-refractivity contribution in [2.45, 2.75) is 20.0 Å². The molecule has 1 aliphatic heterocycles. The van der Waals surface area contributed by atoms with Crippen molar-refractivity contribution in [3.8, 4) is 11.6 Å². The van der Waals surface area contributed by atoms with Crippen molar-refractivity contribution in [1.29, 1.82) is 0 Å². The minimum Gasteiger partial charge on any atom is -0.468 e. The number of aromatic nitrogens is 6. The molecule has 1 amide bonds. The highest BCUT2D eigenvalue weighted by Crippen LogP contribution is 2.29. The molecule has 0 atom stereocenters. The molecule has 12 heteroatoms. The van der Waals surface area contributed by atoms with E-state index in [1.165, 1.54) is 16.8 Å². The van der Waals surface area contributed by atoms with E-state index in [2.05, 4.69) is 30.8 Å². The number of amides is 1. The number of benzene rings is 1. The van der Waals surface area contributed by atoms with Gasteiger partial charge in [0.25, 0.3) is 12.3 Å². The van der Waals surface area contributed by atoms with Gasteiger partial charge in [-0.3, -0.25) is 9.78 Å². The van der Waals surface area contributed by atoms with Gasteiger partial charge in [-0.25, -0.2) is 13.5 Å². The molecule has 1 N–H and O–H groups in total. The number of rotatable bonds is 6. The highest BCUT2D eigenvalue weighted by molar-refractivity contribution is 5.94. The van der Waals surface area contributed by atoms with E-state index in [4.69, 9.17) is 4.74 Å². The molecule has 4 aromatic rings. The zero-order valence-corrected chi connectivity index (χ0v) is 18.2. The first-order valence-electron chi connectivity index (χ1n) is 10.6. The number of fused-ring (bicyclic) bond motifs is 1. The Kier molecular flexibility index (Phi) is 5.70. The van der Waals surface area contributed by atoms with Gasteiger partial charge in [-0.1, -0.05) is 17.3 Å². The first kappa shape index (κ1) is 21.6. The van der Waals surface area contributed by atoms with E-state index in [1.807, 2.05) is 11.0 Å². The summed E-state index contributed by atoms with van der Waals surface area (Å²) in [5, 5.41) is 20.3. The number of nitrogens with one attached hydrogen (secondary N) is 1. The van der Waals surface area contributed by atoms with Crippen LogP contribution >= 0.6 is 0 Å². The van der Waals surface area contributed by atoms with Crippen molar-refractivity contribution in [2.75, 3.05) is 24.5 Å². The normalized spacial score (nSPS) is 14.0. The summed E-state index contributed by atoms with van der Waals surface area (Å²) in [6.07, 6.45) is -0.915. The third kappa shape index (κ3) is 4.09. The third-order valence-corrected chi connectivity index (χ3v) is 5.52. The zero-order chi connectivity index (χ0) is 23.7. The molecule has 10 nitrogen and oxygen atoms in total. The Bertz CT molecular complexity index is 1340. The highest BCUT2D eigenvalue weighted by Gasteiger charge is 2.22. The maximum atomic E-state index is 12.9. The van der Waals surface area contributed by atoms with Crippen LogP contribution in [0, 0.1) is 6.92 Å². The van der Waals surface area contributed by atoms with Crippen LogP contribution in [-0.2, 0) is 11.4 Å². The van der Waals surface area contributed by atoms with Crippen molar-refractivity contribution in [3.63, 3.8) is 0 Å². The van der Waals surface area contributed by atoms with Crippen LogP contribution in [0.4, 0.5) is 14.6 Å². The summed E-state index contributed by atoms with van der Waals surface area (Å²) in [5.41, 5.74) is 2.27. The molecule has 34 heavy (non-hydrogen) atoms. The average molecular weight is 466 g/mol. The number of hydrogen-bond acceptors (Lipinski definition) is 8. The molecule has 0 aliphatic carbocycles. The highest BCUT2D eigenvalue weighted by atomic mass is 19.3. The van der Waals surface area contributed by atoms with Crippen LogP contribution < -0.4 is 15.0 Å². The standard InChI is InChI=1S/C22H20F2N8O2/c1-13-17(32(30-27-13)15-6-4-14(5-7-15)20(23)24)12-34-22-19-16(3-2-8-26-19)21(28-29-22)31-10-9-25-18(33)11-31/h2-8,20H,9-12H2,1H3,(H,25,33). The van der Waals surface area contributed by atoms with Gasteiger partial charge in [0.2, 0.25) is 5.91 Å². The number of carbonyl (C=O) groups excluding carboxylic acids is 1. The second-order valence-electron chi connectivity index (χ2n) is 7.71. The Morgan fingerprint density at radius 1 is 1.15 bits per heavy atom. The third-order valence-electron chi connectivity index (χ3n) is 5.52. The molecule has 174 valence electrons. The van der Waals surface area contributed by atoms with E-state index in [0.717, 1.165) is 0 Å². The second-order valence-corrected chi connectivity index (χ2v) is 7.71. The largest absolute Gasteiger partial charge is 0.468 e. The van der Waals surface area contributed by atoms with Crippen molar-refractivity contribution in [2.24, 2.45) is 0 Å². The number of hydrogen-bond donors (Lipinski definition) is 1. The molecule has 0 saturated carbocycles. The Morgan fingerprint density at radius 3 is 2.74 bits per heavy atom. The zero-order valence-electron chi connectivity index (χ0n) is 18.2. The summed E-state index contributed by atoms with van der Waals surface area (Å²) in [7, 11) is 0. The lowest BCUT2D eigenvalue weighted by Crippen LogP contribution is -2.48. The topological polar surface area (TPSA) is 111 Å². The van der Waals surface area contributed by atoms with E-state index in [1.54, 1.807) is 31.3 Å². The molecule has 0 spiro atoms. The van der Waals surface area contributed by atoms with E-state index < -0.39 is 6.43 Å². The Morgan fingerprint density at radius 2 is 1.97 bits per heavy atom. The minimum absolute atomic E-state index is 0.0568. The monoisotopic (exact) mass is 466 g/mol.